The highest BCUT2D eigenvalue weighted by molar-refractivity contribution is 7.17. The maximum Gasteiger partial charge on any atom is 0.341 e. The molecular formula is C22H29N3O7S. The third-order valence-corrected chi connectivity index (χ3v) is 6.58. The Hall–Kier alpha value is -2.95. The summed E-state index contributed by atoms with van der Waals surface area (Å²) in [6.45, 7) is 7.47. The SMILES string of the molecule is CC1CCc2c(sc(NC(=O)COC(=O)CN3C(=O)NC(C)(C)C3=O)c2C(=O)OC(C)C)C1. The van der Waals surface area contributed by atoms with E-state index in [0.29, 0.717) is 16.5 Å². The molecule has 1 aliphatic heterocycles. The van der Waals surface area contributed by atoms with Gasteiger partial charge < -0.3 is 20.1 Å². The van der Waals surface area contributed by atoms with Gasteiger partial charge in [-0.25, -0.2) is 9.59 Å². The molecule has 0 spiro atoms. The van der Waals surface area contributed by atoms with Gasteiger partial charge in [0, 0.05) is 4.88 Å². The molecule has 0 radical (unpaired) electrons. The summed E-state index contributed by atoms with van der Waals surface area (Å²) < 4.78 is 10.3. The molecule has 0 aromatic carbocycles. The van der Waals surface area contributed by atoms with Crippen LogP contribution in [0.2, 0.25) is 0 Å². The predicted octanol–water partition coefficient (Wildman–Crippen LogP) is 2.25. The maximum atomic E-state index is 12.7. The monoisotopic (exact) mass is 479 g/mol. The fourth-order valence-electron chi connectivity index (χ4n) is 3.77. The van der Waals surface area contributed by atoms with E-state index in [2.05, 4.69) is 17.6 Å². The van der Waals surface area contributed by atoms with Crippen LogP contribution in [0, 0.1) is 5.92 Å². The van der Waals surface area contributed by atoms with Crippen molar-refractivity contribution in [2.75, 3.05) is 18.5 Å². The van der Waals surface area contributed by atoms with Gasteiger partial charge in [-0.05, 0) is 58.4 Å². The standard InChI is InChI=1S/C22H29N3O7S/c1-11(2)32-19(28)17-13-7-6-12(3)8-14(13)33-18(17)23-15(26)10-31-16(27)9-25-20(29)22(4,5)24-21(25)30/h11-12H,6-10H2,1-5H3,(H,23,26)(H,24,30). The van der Waals surface area contributed by atoms with Gasteiger partial charge in [0.15, 0.2) is 6.61 Å². The fraction of sp³-hybridized carbons (Fsp3) is 0.591. The van der Waals surface area contributed by atoms with Crippen LogP contribution >= 0.6 is 11.3 Å². The van der Waals surface area contributed by atoms with Gasteiger partial charge in [0.1, 0.15) is 17.1 Å². The van der Waals surface area contributed by atoms with Crippen LogP contribution in [-0.4, -0.2) is 59.5 Å². The summed E-state index contributed by atoms with van der Waals surface area (Å²) in [6, 6.07) is -0.696. The lowest BCUT2D eigenvalue weighted by Crippen LogP contribution is -2.41. The molecule has 2 heterocycles. The van der Waals surface area contributed by atoms with Crippen molar-refractivity contribution in [3.63, 3.8) is 0 Å². The van der Waals surface area contributed by atoms with Crippen molar-refractivity contribution in [2.45, 2.75) is 65.5 Å². The smallest absolute Gasteiger partial charge is 0.341 e. The minimum absolute atomic E-state index is 0.310. The van der Waals surface area contributed by atoms with Crippen LogP contribution in [0.4, 0.5) is 9.80 Å². The number of carbonyl (C=O) groups excluding carboxylic acids is 5. The molecule has 33 heavy (non-hydrogen) atoms. The molecule has 1 unspecified atom stereocenters. The minimum Gasteiger partial charge on any atom is -0.459 e. The fourth-order valence-corrected chi connectivity index (χ4v) is 5.19. The lowest BCUT2D eigenvalue weighted by Gasteiger charge is -2.18. The van der Waals surface area contributed by atoms with E-state index in [1.54, 1.807) is 13.8 Å². The topological polar surface area (TPSA) is 131 Å². The summed E-state index contributed by atoms with van der Waals surface area (Å²) in [5, 5.41) is 5.49. The van der Waals surface area contributed by atoms with Crippen LogP contribution in [0.5, 0.6) is 0 Å². The Labute approximate surface area is 196 Å². The first-order chi connectivity index (χ1) is 15.4. The molecular weight excluding hydrogens is 450 g/mol. The number of thiophene rings is 1. The van der Waals surface area contributed by atoms with E-state index in [9.17, 15) is 24.0 Å². The van der Waals surface area contributed by atoms with Crippen molar-refractivity contribution in [1.29, 1.82) is 0 Å². The number of anilines is 1. The summed E-state index contributed by atoms with van der Waals surface area (Å²) in [7, 11) is 0. The average molecular weight is 480 g/mol. The second-order valence-corrected chi connectivity index (χ2v) is 10.3. The second kappa shape index (κ2) is 9.50. The van der Waals surface area contributed by atoms with E-state index in [-0.39, 0.29) is 6.10 Å². The van der Waals surface area contributed by atoms with Crippen molar-refractivity contribution in [3.8, 4) is 0 Å². The Morgan fingerprint density at radius 3 is 2.58 bits per heavy atom. The number of ether oxygens (including phenoxy) is 2. The summed E-state index contributed by atoms with van der Waals surface area (Å²) in [6.07, 6.45) is 2.17. The summed E-state index contributed by atoms with van der Waals surface area (Å²) in [5.41, 5.74) is 0.153. The largest absolute Gasteiger partial charge is 0.459 e. The normalized spacial score (nSPS) is 19.2. The number of amides is 4. The average Bonchev–Trinajstić information content (AvgIpc) is 3.14. The molecule has 2 aliphatic rings. The molecule has 180 valence electrons. The molecule has 0 bridgehead atoms. The van der Waals surface area contributed by atoms with Gasteiger partial charge in [-0.15, -0.1) is 11.3 Å². The van der Waals surface area contributed by atoms with E-state index in [0.717, 1.165) is 34.6 Å². The molecule has 1 aromatic rings. The molecule has 1 aromatic heterocycles. The van der Waals surface area contributed by atoms with Gasteiger partial charge in [-0.2, -0.15) is 0 Å². The van der Waals surface area contributed by atoms with Crippen molar-refractivity contribution < 1.29 is 33.4 Å². The molecule has 2 N–H and O–H groups in total. The van der Waals surface area contributed by atoms with Crippen LogP contribution in [0.3, 0.4) is 0 Å². The Morgan fingerprint density at radius 1 is 1.27 bits per heavy atom. The lowest BCUT2D eigenvalue weighted by atomic mass is 9.88. The van der Waals surface area contributed by atoms with Gasteiger partial charge in [0.25, 0.3) is 11.8 Å². The third-order valence-electron chi connectivity index (χ3n) is 5.41. The first kappa shape index (κ1) is 24.7. The van der Waals surface area contributed by atoms with Gasteiger partial charge in [0.05, 0.1) is 11.7 Å². The number of hydrogen-bond donors (Lipinski definition) is 2. The predicted molar refractivity (Wildman–Crippen MR) is 120 cm³/mol. The number of carbonyl (C=O) groups is 5. The van der Waals surface area contributed by atoms with Gasteiger partial charge >= 0.3 is 18.0 Å². The Balaban J connectivity index is 1.64. The summed E-state index contributed by atoms with van der Waals surface area (Å²) >= 11 is 1.33. The van der Waals surface area contributed by atoms with E-state index < -0.39 is 48.5 Å². The van der Waals surface area contributed by atoms with Crippen molar-refractivity contribution in [2.24, 2.45) is 5.92 Å². The van der Waals surface area contributed by atoms with Crippen molar-refractivity contribution >= 4 is 46.1 Å². The number of urea groups is 1. The Bertz CT molecular complexity index is 998. The quantitative estimate of drug-likeness (QED) is 0.453. The summed E-state index contributed by atoms with van der Waals surface area (Å²) in [5.74, 6) is -2.10. The van der Waals surface area contributed by atoms with Crippen molar-refractivity contribution in [3.05, 3.63) is 16.0 Å². The van der Waals surface area contributed by atoms with Gasteiger partial charge in [-0.1, -0.05) is 6.92 Å². The molecule has 1 fully saturated rings. The van der Waals surface area contributed by atoms with E-state index in [4.69, 9.17) is 9.47 Å². The first-order valence-corrected chi connectivity index (χ1v) is 11.7. The maximum absolute atomic E-state index is 12.7. The molecule has 10 nitrogen and oxygen atoms in total. The number of fused-ring (bicyclic) bond motifs is 1. The van der Waals surface area contributed by atoms with Crippen LogP contribution < -0.4 is 10.6 Å². The minimum atomic E-state index is -1.11. The van der Waals surface area contributed by atoms with Crippen LogP contribution in [0.25, 0.3) is 0 Å². The molecule has 1 aliphatic carbocycles. The van der Waals surface area contributed by atoms with Gasteiger partial charge in [-0.3, -0.25) is 19.3 Å². The molecule has 4 amide bonds. The molecule has 1 atom stereocenters. The zero-order valence-corrected chi connectivity index (χ0v) is 20.2. The van der Waals surface area contributed by atoms with Crippen LogP contribution in [0.1, 0.15) is 61.8 Å². The van der Waals surface area contributed by atoms with Crippen LogP contribution in [0.15, 0.2) is 0 Å². The summed E-state index contributed by atoms with van der Waals surface area (Å²) in [4.78, 5) is 63.1. The number of nitrogens with one attached hydrogen (secondary N) is 2. The zero-order chi connectivity index (χ0) is 24.5. The third kappa shape index (κ3) is 5.52. The second-order valence-electron chi connectivity index (χ2n) is 9.17. The molecule has 1 saturated heterocycles. The number of imide groups is 1. The molecule has 11 heteroatoms. The number of esters is 2. The number of hydrogen-bond acceptors (Lipinski definition) is 8. The Morgan fingerprint density at radius 2 is 1.97 bits per heavy atom. The highest BCUT2D eigenvalue weighted by atomic mass is 32.1. The molecule has 3 rings (SSSR count). The van der Waals surface area contributed by atoms with E-state index in [1.165, 1.54) is 25.2 Å². The number of nitrogens with zero attached hydrogens (tertiary/aromatic N) is 1. The lowest BCUT2D eigenvalue weighted by molar-refractivity contribution is -0.150. The van der Waals surface area contributed by atoms with Crippen molar-refractivity contribution in [1.82, 2.24) is 10.2 Å². The van der Waals surface area contributed by atoms with Gasteiger partial charge in [0.2, 0.25) is 0 Å². The van der Waals surface area contributed by atoms with E-state index in [1.807, 2.05) is 0 Å². The molecule has 0 saturated carbocycles. The highest BCUT2D eigenvalue weighted by Gasteiger charge is 2.45. The first-order valence-electron chi connectivity index (χ1n) is 10.8. The highest BCUT2D eigenvalue weighted by Crippen LogP contribution is 2.40. The zero-order valence-electron chi connectivity index (χ0n) is 19.4. The Kier molecular flexibility index (Phi) is 7.11. The van der Waals surface area contributed by atoms with Crippen LogP contribution in [-0.2, 0) is 36.7 Å². The number of rotatable bonds is 7. The van der Waals surface area contributed by atoms with E-state index >= 15 is 0 Å².